The van der Waals surface area contributed by atoms with Crippen LogP contribution in [0.2, 0.25) is 0 Å². The highest BCUT2D eigenvalue weighted by Gasteiger charge is 2.13. The zero-order valence-electron chi connectivity index (χ0n) is 13.3. The van der Waals surface area contributed by atoms with Crippen LogP contribution in [0, 0.1) is 0 Å². The molecular weight excluding hydrogens is 262 g/mol. The lowest BCUT2D eigenvalue weighted by atomic mass is 10.2. The molecule has 0 radical (unpaired) electrons. The van der Waals surface area contributed by atoms with Crippen LogP contribution in [0.1, 0.15) is 27.7 Å². The van der Waals surface area contributed by atoms with E-state index in [1.165, 1.54) is 0 Å². The van der Waals surface area contributed by atoms with E-state index in [4.69, 9.17) is 10.5 Å². The van der Waals surface area contributed by atoms with E-state index >= 15 is 0 Å². The van der Waals surface area contributed by atoms with Crippen molar-refractivity contribution in [3.8, 4) is 5.75 Å². The number of aromatic nitrogens is 1. The monoisotopic (exact) mass is 287 g/mol. The van der Waals surface area contributed by atoms with Gasteiger partial charge in [-0.15, -0.1) is 0 Å². The van der Waals surface area contributed by atoms with Crippen molar-refractivity contribution >= 4 is 16.6 Å². The normalized spacial score (nSPS) is 11.8. The van der Waals surface area contributed by atoms with Crippen molar-refractivity contribution in [2.75, 3.05) is 18.9 Å². The van der Waals surface area contributed by atoms with E-state index in [2.05, 4.69) is 37.6 Å². The molecule has 2 rings (SSSR count). The maximum atomic E-state index is 5.97. The summed E-state index contributed by atoms with van der Waals surface area (Å²) in [5.41, 5.74) is 7.44. The molecule has 0 bridgehead atoms. The zero-order chi connectivity index (χ0) is 15.4. The van der Waals surface area contributed by atoms with Crippen LogP contribution in [0.25, 0.3) is 10.9 Å². The second-order valence-corrected chi connectivity index (χ2v) is 5.83. The average molecular weight is 287 g/mol. The molecule has 1 aromatic heterocycles. The van der Waals surface area contributed by atoms with Gasteiger partial charge in [0, 0.05) is 30.2 Å². The van der Waals surface area contributed by atoms with Gasteiger partial charge in [0.05, 0.1) is 11.2 Å². The third-order valence-electron chi connectivity index (χ3n) is 3.69. The zero-order valence-corrected chi connectivity index (χ0v) is 13.3. The van der Waals surface area contributed by atoms with E-state index in [1.54, 1.807) is 6.20 Å². The minimum Gasteiger partial charge on any atom is -0.492 e. The number of fused-ring (bicyclic) bond motifs is 1. The number of nitrogens with two attached hydrogens (primary N) is 1. The van der Waals surface area contributed by atoms with E-state index in [9.17, 15) is 0 Å². The highest BCUT2D eigenvalue weighted by molar-refractivity contribution is 5.93. The Morgan fingerprint density at radius 2 is 1.86 bits per heavy atom. The SMILES string of the molecule is CC(C)N(CCOc1ccc(N)c2ncccc12)C(C)C. The third kappa shape index (κ3) is 3.64. The summed E-state index contributed by atoms with van der Waals surface area (Å²) < 4.78 is 5.97. The van der Waals surface area contributed by atoms with Gasteiger partial charge in [0.1, 0.15) is 12.4 Å². The lowest BCUT2D eigenvalue weighted by Gasteiger charge is -2.30. The molecule has 4 heteroatoms. The number of benzene rings is 1. The quantitative estimate of drug-likeness (QED) is 0.828. The first kappa shape index (κ1) is 15.6. The van der Waals surface area contributed by atoms with E-state index in [0.29, 0.717) is 24.4 Å². The Balaban J connectivity index is 2.09. The molecule has 0 spiro atoms. The number of nitrogen functional groups attached to an aromatic ring is 1. The highest BCUT2D eigenvalue weighted by Crippen LogP contribution is 2.28. The van der Waals surface area contributed by atoms with Crippen LogP contribution in [0.5, 0.6) is 5.75 Å². The minimum atomic E-state index is 0.512. The first-order chi connectivity index (χ1) is 10.0. The topological polar surface area (TPSA) is 51.4 Å². The summed E-state index contributed by atoms with van der Waals surface area (Å²) in [6, 6.07) is 8.71. The summed E-state index contributed by atoms with van der Waals surface area (Å²) in [7, 11) is 0. The van der Waals surface area contributed by atoms with Crippen LogP contribution in [0.3, 0.4) is 0 Å². The van der Waals surface area contributed by atoms with Crippen molar-refractivity contribution in [2.24, 2.45) is 0 Å². The van der Waals surface area contributed by atoms with Gasteiger partial charge in [-0.05, 0) is 52.0 Å². The van der Waals surface area contributed by atoms with Gasteiger partial charge in [0.15, 0.2) is 0 Å². The van der Waals surface area contributed by atoms with Crippen LogP contribution in [0.15, 0.2) is 30.5 Å². The molecule has 0 aliphatic heterocycles. The Morgan fingerprint density at radius 1 is 1.14 bits per heavy atom. The Morgan fingerprint density at radius 3 is 2.52 bits per heavy atom. The summed E-state index contributed by atoms with van der Waals surface area (Å²) in [6.45, 7) is 10.4. The molecule has 2 aromatic rings. The molecule has 1 heterocycles. The number of hydrogen-bond acceptors (Lipinski definition) is 4. The molecule has 0 fully saturated rings. The first-order valence-corrected chi connectivity index (χ1v) is 7.52. The van der Waals surface area contributed by atoms with Crippen molar-refractivity contribution < 1.29 is 4.74 Å². The molecule has 114 valence electrons. The van der Waals surface area contributed by atoms with E-state index in [0.717, 1.165) is 23.2 Å². The van der Waals surface area contributed by atoms with Crippen LogP contribution in [-0.4, -0.2) is 35.1 Å². The van der Waals surface area contributed by atoms with Gasteiger partial charge >= 0.3 is 0 Å². The standard InChI is InChI=1S/C17H25N3O/c1-12(2)20(13(3)4)10-11-21-16-8-7-15(18)17-14(16)6-5-9-19-17/h5-9,12-13H,10-11,18H2,1-4H3. The third-order valence-corrected chi connectivity index (χ3v) is 3.69. The van der Waals surface area contributed by atoms with Crippen LogP contribution in [-0.2, 0) is 0 Å². The fourth-order valence-electron chi connectivity index (χ4n) is 2.67. The summed E-state index contributed by atoms with van der Waals surface area (Å²) in [4.78, 5) is 6.74. The molecule has 0 unspecified atom stereocenters. The number of pyridine rings is 1. The molecule has 0 atom stereocenters. The van der Waals surface area contributed by atoms with Crippen molar-refractivity contribution in [2.45, 2.75) is 39.8 Å². The largest absolute Gasteiger partial charge is 0.492 e. The van der Waals surface area contributed by atoms with Crippen molar-refractivity contribution in [1.82, 2.24) is 9.88 Å². The molecule has 2 N–H and O–H groups in total. The minimum absolute atomic E-state index is 0.512. The van der Waals surface area contributed by atoms with Crippen molar-refractivity contribution in [1.29, 1.82) is 0 Å². The maximum Gasteiger partial charge on any atom is 0.128 e. The lowest BCUT2D eigenvalue weighted by Crippen LogP contribution is -2.39. The second kappa shape index (κ2) is 6.76. The molecule has 1 aromatic carbocycles. The Kier molecular flexibility index (Phi) is 5.02. The predicted molar refractivity (Wildman–Crippen MR) is 88.6 cm³/mol. The molecular formula is C17H25N3O. The predicted octanol–water partition coefficient (Wildman–Crippen LogP) is 3.31. The Labute approximate surface area is 126 Å². The van der Waals surface area contributed by atoms with E-state index in [-0.39, 0.29) is 0 Å². The molecule has 0 aliphatic rings. The van der Waals surface area contributed by atoms with Crippen LogP contribution >= 0.6 is 0 Å². The summed E-state index contributed by atoms with van der Waals surface area (Å²) in [5.74, 6) is 0.847. The van der Waals surface area contributed by atoms with Crippen molar-refractivity contribution in [3.63, 3.8) is 0 Å². The number of ether oxygens (including phenoxy) is 1. The van der Waals surface area contributed by atoms with Crippen LogP contribution < -0.4 is 10.5 Å². The highest BCUT2D eigenvalue weighted by atomic mass is 16.5. The molecule has 0 amide bonds. The Hall–Kier alpha value is -1.81. The molecule has 0 aliphatic carbocycles. The van der Waals surface area contributed by atoms with Gasteiger partial charge in [0.2, 0.25) is 0 Å². The summed E-state index contributed by atoms with van der Waals surface area (Å²) >= 11 is 0. The fraction of sp³-hybridized carbons (Fsp3) is 0.471. The van der Waals surface area contributed by atoms with Crippen molar-refractivity contribution in [3.05, 3.63) is 30.5 Å². The number of anilines is 1. The van der Waals surface area contributed by atoms with E-state index < -0.39 is 0 Å². The van der Waals surface area contributed by atoms with Gasteiger partial charge in [0.25, 0.3) is 0 Å². The second-order valence-electron chi connectivity index (χ2n) is 5.83. The smallest absolute Gasteiger partial charge is 0.128 e. The molecule has 21 heavy (non-hydrogen) atoms. The molecule has 0 saturated heterocycles. The van der Waals surface area contributed by atoms with E-state index in [1.807, 2.05) is 24.3 Å². The van der Waals surface area contributed by atoms with Gasteiger partial charge in [-0.25, -0.2) is 0 Å². The number of nitrogens with zero attached hydrogens (tertiary/aromatic N) is 2. The molecule has 4 nitrogen and oxygen atoms in total. The number of rotatable bonds is 6. The van der Waals surface area contributed by atoms with Gasteiger partial charge in [-0.1, -0.05) is 0 Å². The van der Waals surface area contributed by atoms with Crippen LogP contribution in [0.4, 0.5) is 5.69 Å². The fourth-order valence-corrected chi connectivity index (χ4v) is 2.67. The van der Waals surface area contributed by atoms with Gasteiger partial charge in [-0.3, -0.25) is 9.88 Å². The van der Waals surface area contributed by atoms with Gasteiger partial charge in [-0.2, -0.15) is 0 Å². The Bertz CT molecular complexity index is 588. The lowest BCUT2D eigenvalue weighted by molar-refractivity contribution is 0.142. The summed E-state index contributed by atoms with van der Waals surface area (Å²) in [6.07, 6.45) is 1.75. The average Bonchev–Trinajstić information content (AvgIpc) is 2.45. The first-order valence-electron chi connectivity index (χ1n) is 7.52. The number of hydrogen-bond donors (Lipinski definition) is 1. The maximum absolute atomic E-state index is 5.97. The summed E-state index contributed by atoms with van der Waals surface area (Å²) in [5, 5.41) is 0.971. The van der Waals surface area contributed by atoms with Gasteiger partial charge < -0.3 is 10.5 Å². The molecule has 0 saturated carbocycles.